The quantitative estimate of drug-likeness (QED) is 0.447. The van der Waals surface area contributed by atoms with Gasteiger partial charge in [0.1, 0.15) is 11.8 Å². The van der Waals surface area contributed by atoms with Crippen molar-refractivity contribution in [3.05, 3.63) is 76.3 Å². The molecular formula is C27H31N7O2. The molecule has 1 saturated carbocycles. The molecule has 36 heavy (non-hydrogen) atoms. The van der Waals surface area contributed by atoms with Crippen molar-refractivity contribution in [1.29, 1.82) is 0 Å². The molecule has 0 unspecified atom stereocenters. The Kier molecular flexibility index (Phi) is 6.14. The normalized spacial score (nSPS) is 18.1. The van der Waals surface area contributed by atoms with Gasteiger partial charge in [-0.05, 0) is 59.7 Å². The molecule has 0 amide bonds. The van der Waals surface area contributed by atoms with Crippen molar-refractivity contribution in [2.75, 3.05) is 38.2 Å². The highest BCUT2D eigenvalue weighted by atomic mass is 16.5. The number of aromatic nitrogens is 5. The summed E-state index contributed by atoms with van der Waals surface area (Å²) in [5.41, 5.74) is 2.56. The highest BCUT2D eigenvalue weighted by Gasteiger charge is 2.34. The Morgan fingerprint density at radius 1 is 1.00 bits per heavy atom. The van der Waals surface area contributed by atoms with Crippen LogP contribution in [-0.4, -0.2) is 63.4 Å². The summed E-state index contributed by atoms with van der Waals surface area (Å²) >= 11 is 0. The molecule has 2 aliphatic rings. The number of nitrogens with zero attached hydrogens (tertiary/aromatic N) is 6. The highest BCUT2D eigenvalue weighted by Crippen LogP contribution is 2.34. The molecule has 9 nitrogen and oxygen atoms in total. The van der Waals surface area contributed by atoms with Gasteiger partial charge in [-0.1, -0.05) is 31.0 Å². The van der Waals surface area contributed by atoms with Gasteiger partial charge in [-0.3, -0.25) is 9.69 Å². The average molecular weight is 486 g/mol. The lowest BCUT2D eigenvalue weighted by Gasteiger charge is -2.39. The lowest BCUT2D eigenvalue weighted by molar-refractivity contribution is 0.197. The second-order valence-electron chi connectivity index (χ2n) is 9.69. The number of rotatable bonds is 6. The smallest absolute Gasteiger partial charge is 0.253 e. The molecule has 2 aromatic heterocycles. The standard InChI is InChI=1S/C27H31N7O2/c1-36-22-11-12-24-19(17-22)18-23(27(35)28-24)25(26-29-30-31-34(26)21-9-5-6-10-21)33-15-13-32(14-16-33)20-7-3-2-4-8-20/h2-4,7-8,11-12,17-18,21,25H,5-6,9-10,13-16H2,1H3,(H,28,35)/t25-/m0/s1. The third-order valence-corrected chi connectivity index (χ3v) is 7.61. The number of tetrazole rings is 1. The molecule has 186 valence electrons. The predicted molar refractivity (Wildman–Crippen MR) is 139 cm³/mol. The number of ether oxygens (including phenoxy) is 1. The van der Waals surface area contributed by atoms with Crippen LogP contribution in [0.4, 0.5) is 5.69 Å². The molecule has 1 atom stereocenters. The summed E-state index contributed by atoms with van der Waals surface area (Å²) in [5, 5.41) is 13.9. The number of hydrogen-bond acceptors (Lipinski definition) is 7. The minimum absolute atomic E-state index is 0.107. The van der Waals surface area contributed by atoms with E-state index in [0.29, 0.717) is 5.56 Å². The second kappa shape index (κ2) is 9.73. The summed E-state index contributed by atoms with van der Waals surface area (Å²) in [6, 6.07) is 18.1. The molecule has 1 aliphatic heterocycles. The van der Waals surface area contributed by atoms with Crippen LogP contribution in [-0.2, 0) is 0 Å². The molecule has 3 heterocycles. The summed E-state index contributed by atoms with van der Waals surface area (Å²) in [5.74, 6) is 1.51. The van der Waals surface area contributed by atoms with E-state index in [-0.39, 0.29) is 17.6 Å². The largest absolute Gasteiger partial charge is 0.497 e. The lowest BCUT2D eigenvalue weighted by atomic mass is 10.0. The van der Waals surface area contributed by atoms with Gasteiger partial charge >= 0.3 is 0 Å². The van der Waals surface area contributed by atoms with Gasteiger partial charge in [0.2, 0.25) is 0 Å². The summed E-state index contributed by atoms with van der Waals surface area (Å²) in [7, 11) is 1.65. The number of para-hydroxylation sites is 1. The summed E-state index contributed by atoms with van der Waals surface area (Å²) in [6.45, 7) is 3.33. The first-order valence-corrected chi connectivity index (χ1v) is 12.7. The van der Waals surface area contributed by atoms with E-state index in [2.05, 4.69) is 54.6 Å². The first kappa shape index (κ1) is 22.7. The number of piperazine rings is 1. The molecule has 2 aromatic carbocycles. The third-order valence-electron chi connectivity index (χ3n) is 7.61. The summed E-state index contributed by atoms with van der Waals surface area (Å²) in [6.07, 6.45) is 4.50. The van der Waals surface area contributed by atoms with Crippen molar-refractivity contribution < 1.29 is 4.74 Å². The molecule has 4 aromatic rings. The maximum Gasteiger partial charge on any atom is 0.253 e. The molecule has 6 rings (SSSR count). The Bertz CT molecular complexity index is 1390. The van der Waals surface area contributed by atoms with E-state index in [4.69, 9.17) is 4.74 Å². The van der Waals surface area contributed by atoms with Crippen LogP contribution in [0.15, 0.2) is 59.4 Å². The van der Waals surface area contributed by atoms with Gasteiger partial charge in [-0.25, -0.2) is 4.68 Å². The highest BCUT2D eigenvalue weighted by molar-refractivity contribution is 5.80. The Labute approximate surface area is 209 Å². The zero-order valence-electron chi connectivity index (χ0n) is 20.5. The lowest BCUT2D eigenvalue weighted by Crippen LogP contribution is -2.49. The molecule has 0 radical (unpaired) electrons. The van der Waals surface area contributed by atoms with Crippen molar-refractivity contribution in [2.24, 2.45) is 0 Å². The van der Waals surface area contributed by atoms with Gasteiger partial charge < -0.3 is 14.6 Å². The first-order chi connectivity index (χ1) is 17.7. The van der Waals surface area contributed by atoms with Crippen molar-refractivity contribution in [2.45, 2.75) is 37.8 Å². The Hall–Kier alpha value is -3.72. The zero-order valence-corrected chi connectivity index (χ0v) is 20.5. The first-order valence-electron chi connectivity index (χ1n) is 12.7. The van der Waals surface area contributed by atoms with Crippen molar-refractivity contribution in [3.63, 3.8) is 0 Å². The maximum absolute atomic E-state index is 13.5. The number of hydrogen-bond donors (Lipinski definition) is 1. The maximum atomic E-state index is 13.5. The molecule has 0 bridgehead atoms. The molecule has 1 aliphatic carbocycles. The van der Waals surface area contributed by atoms with Crippen LogP contribution in [0.3, 0.4) is 0 Å². The van der Waals surface area contributed by atoms with Crippen LogP contribution >= 0.6 is 0 Å². The topological polar surface area (TPSA) is 92.2 Å². The van der Waals surface area contributed by atoms with Gasteiger partial charge in [-0.2, -0.15) is 0 Å². The monoisotopic (exact) mass is 485 g/mol. The van der Waals surface area contributed by atoms with Crippen molar-refractivity contribution in [1.82, 2.24) is 30.1 Å². The number of fused-ring (bicyclic) bond motifs is 1. The van der Waals surface area contributed by atoms with Crippen LogP contribution < -0.4 is 15.2 Å². The minimum Gasteiger partial charge on any atom is -0.497 e. The fourth-order valence-electron chi connectivity index (χ4n) is 5.70. The van der Waals surface area contributed by atoms with Gasteiger partial charge in [0.05, 0.1) is 13.2 Å². The van der Waals surface area contributed by atoms with E-state index in [1.165, 1.54) is 18.5 Å². The Morgan fingerprint density at radius 3 is 2.53 bits per heavy atom. The van der Waals surface area contributed by atoms with E-state index in [1.54, 1.807) is 7.11 Å². The van der Waals surface area contributed by atoms with Crippen LogP contribution in [0.5, 0.6) is 5.75 Å². The fourth-order valence-corrected chi connectivity index (χ4v) is 5.70. The van der Waals surface area contributed by atoms with Crippen LogP contribution in [0, 0.1) is 0 Å². The van der Waals surface area contributed by atoms with Crippen molar-refractivity contribution in [3.8, 4) is 5.75 Å². The number of anilines is 1. The van der Waals surface area contributed by atoms with Crippen LogP contribution in [0.2, 0.25) is 0 Å². The number of aromatic amines is 1. The number of pyridine rings is 1. The fraction of sp³-hybridized carbons (Fsp3) is 0.407. The Morgan fingerprint density at radius 2 is 1.78 bits per heavy atom. The van der Waals surface area contributed by atoms with Gasteiger partial charge in [0.25, 0.3) is 5.56 Å². The summed E-state index contributed by atoms with van der Waals surface area (Å²) < 4.78 is 7.42. The molecule has 9 heteroatoms. The average Bonchev–Trinajstić information content (AvgIpc) is 3.62. The SMILES string of the molecule is COc1ccc2[nH]c(=O)c([C@@H](c3nnnn3C3CCCC3)N3CCN(c4ccccc4)CC3)cc2c1. The van der Waals surface area contributed by atoms with Gasteiger partial charge in [0.15, 0.2) is 5.82 Å². The van der Waals surface area contributed by atoms with E-state index in [0.717, 1.165) is 61.5 Å². The second-order valence-corrected chi connectivity index (χ2v) is 9.69. The molecule has 1 N–H and O–H groups in total. The molecule has 1 saturated heterocycles. The van der Waals surface area contributed by atoms with Gasteiger partial charge in [-0.15, -0.1) is 5.10 Å². The predicted octanol–water partition coefficient (Wildman–Crippen LogP) is 3.55. The van der Waals surface area contributed by atoms with Crippen LogP contribution in [0.1, 0.15) is 49.2 Å². The Balaban J connectivity index is 1.40. The number of H-pyrrole nitrogens is 1. The van der Waals surface area contributed by atoms with E-state index in [1.807, 2.05) is 35.0 Å². The van der Waals surface area contributed by atoms with Gasteiger partial charge in [0, 0.05) is 48.3 Å². The van der Waals surface area contributed by atoms with Crippen LogP contribution in [0.25, 0.3) is 10.9 Å². The number of methoxy groups -OCH3 is 1. The van der Waals surface area contributed by atoms with E-state index >= 15 is 0 Å². The van der Waals surface area contributed by atoms with E-state index < -0.39 is 0 Å². The summed E-state index contributed by atoms with van der Waals surface area (Å²) in [4.78, 5) is 21.3. The van der Waals surface area contributed by atoms with E-state index in [9.17, 15) is 4.79 Å². The number of benzene rings is 2. The molecule has 2 fully saturated rings. The van der Waals surface area contributed by atoms with Crippen molar-refractivity contribution >= 4 is 16.6 Å². The molecule has 0 spiro atoms. The minimum atomic E-state index is -0.335. The number of nitrogens with one attached hydrogen (secondary N) is 1. The zero-order chi connectivity index (χ0) is 24.5. The molecular weight excluding hydrogens is 454 g/mol. The third kappa shape index (κ3) is 4.24.